The third-order valence-corrected chi connectivity index (χ3v) is 1.81. The number of rotatable bonds is 7. The summed E-state index contributed by atoms with van der Waals surface area (Å²) in [7, 11) is 1.63. The summed E-state index contributed by atoms with van der Waals surface area (Å²) in [6.07, 6.45) is 0. The van der Waals surface area contributed by atoms with E-state index in [0.717, 1.165) is 0 Å². The lowest BCUT2D eigenvalue weighted by Crippen LogP contribution is -2.23. The van der Waals surface area contributed by atoms with Crippen molar-refractivity contribution in [2.75, 3.05) is 31.1 Å². The van der Waals surface area contributed by atoms with Crippen LogP contribution >= 0.6 is 0 Å². The molecule has 96 valence electrons. The number of ether oxygens (including phenoxy) is 2. The number of methoxy groups -OCH3 is 1. The van der Waals surface area contributed by atoms with Crippen molar-refractivity contribution in [3.63, 3.8) is 0 Å². The van der Waals surface area contributed by atoms with Crippen LogP contribution in [0, 0.1) is 0 Å². The number of nitrogens with two attached hydrogens (primary N) is 1. The highest BCUT2D eigenvalue weighted by molar-refractivity contribution is 5.35. The second-order valence-electron chi connectivity index (χ2n) is 3.34. The highest BCUT2D eigenvalue weighted by Crippen LogP contribution is 2.11. The zero-order chi connectivity index (χ0) is 12.7. The summed E-state index contributed by atoms with van der Waals surface area (Å²) >= 11 is 0. The predicted molar refractivity (Wildman–Crippen MR) is 63.8 cm³/mol. The first kappa shape index (κ1) is 13.4. The fraction of sp³-hybridized carbons (Fsp3) is 0.667. The molecule has 0 spiro atoms. The lowest BCUT2D eigenvalue weighted by molar-refractivity contribution is 0.190. The van der Waals surface area contributed by atoms with Crippen molar-refractivity contribution < 1.29 is 9.47 Å². The smallest absolute Gasteiger partial charge is 0.323 e. The Balaban J connectivity index is 2.79. The van der Waals surface area contributed by atoms with E-state index in [1.54, 1.807) is 7.11 Å². The number of nitrogens with zero attached hydrogens (tertiary/aromatic N) is 3. The first-order chi connectivity index (χ1) is 8.19. The summed E-state index contributed by atoms with van der Waals surface area (Å²) in [5, 5.41) is 3.05. The number of aromatic nitrogens is 3. The van der Waals surface area contributed by atoms with Crippen LogP contribution in [-0.4, -0.2) is 41.3 Å². The molecule has 8 heteroatoms. The monoisotopic (exact) mass is 242 g/mol. The highest BCUT2D eigenvalue weighted by Gasteiger charge is 2.09. The molecule has 1 rings (SSSR count). The molecule has 0 aliphatic rings. The largest absolute Gasteiger partial charge is 0.464 e. The number of hydrogen-bond donors (Lipinski definition) is 3. The Hall–Kier alpha value is -1.67. The molecule has 4 N–H and O–H groups in total. The maximum absolute atomic E-state index is 5.26. The molecule has 1 atom stereocenters. The van der Waals surface area contributed by atoms with Crippen LogP contribution in [0.25, 0.3) is 0 Å². The first-order valence-electron chi connectivity index (χ1n) is 5.30. The minimum atomic E-state index is 0.0718. The molecule has 0 saturated carbocycles. The second-order valence-corrected chi connectivity index (χ2v) is 3.34. The summed E-state index contributed by atoms with van der Waals surface area (Å²) in [5.74, 6) is 5.90. The second kappa shape index (κ2) is 6.81. The summed E-state index contributed by atoms with van der Waals surface area (Å²) in [5.41, 5.74) is 2.36. The Labute approximate surface area is 99.9 Å². The molecule has 0 bridgehead atoms. The van der Waals surface area contributed by atoms with Gasteiger partial charge in [0.2, 0.25) is 11.9 Å². The lowest BCUT2D eigenvalue weighted by Gasteiger charge is -2.13. The average Bonchev–Trinajstić information content (AvgIpc) is 2.29. The van der Waals surface area contributed by atoms with Gasteiger partial charge in [0.1, 0.15) is 0 Å². The van der Waals surface area contributed by atoms with E-state index in [1.807, 2.05) is 13.8 Å². The van der Waals surface area contributed by atoms with Gasteiger partial charge in [-0.05, 0) is 13.8 Å². The van der Waals surface area contributed by atoms with E-state index in [1.165, 1.54) is 0 Å². The lowest BCUT2D eigenvalue weighted by atomic mass is 10.4. The van der Waals surface area contributed by atoms with Crippen LogP contribution in [-0.2, 0) is 4.74 Å². The molecule has 1 aromatic rings. The molecule has 1 aromatic heterocycles. The van der Waals surface area contributed by atoms with Gasteiger partial charge in [-0.3, -0.25) is 5.43 Å². The van der Waals surface area contributed by atoms with Gasteiger partial charge in [0.05, 0.1) is 13.2 Å². The highest BCUT2D eigenvalue weighted by atomic mass is 16.5. The van der Waals surface area contributed by atoms with Gasteiger partial charge in [-0.15, -0.1) is 0 Å². The van der Waals surface area contributed by atoms with Crippen molar-refractivity contribution in [2.24, 2.45) is 5.84 Å². The summed E-state index contributed by atoms with van der Waals surface area (Å²) < 4.78 is 10.2. The zero-order valence-electron chi connectivity index (χ0n) is 10.2. The van der Waals surface area contributed by atoms with E-state index in [2.05, 4.69) is 25.7 Å². The molecule has 8 nitrogen and oxygen atoms in total. The van der Waals surface area contributed by atoms with E-state index >= 15 is 0 Å². The standard InChI is InChI=1S/C9H18N6O2/c1-4-17-9-13-7(11-6(2)5-16-3)12-8(14-9)15-10/h6H,4-5,10H2,1-3H3,(H2,11,12,13,14,15). The molecule has 1 unspecified atom stereocenters. The summed E-state index contributed by atoms with van der Waals surface area (Å²) in [6, 6.07) is 0.296. The van der Waals surface area contributed by atoms with Gasteiger partial charge in [-0.1, -0.05) is 0 Å². The van der Waals surface area contributed by atoms with Crippen molar-refractivity contribution in [3.05, 3.63) is 0 Å². The predicted octanol–water partition coefficient (Wildman–Crippen LogP) is 0.00270. The van der Waals surface area contributed by atoms with Crippen LogP contribution in [0.2, 0.25) is 0 Å². The number of hydrogen-bond acceptors (Lipinski definition) is 8. The topological polar surface area (TPSA) is 107 Å². The van der Waals surface area contributed by atoms with Crippen molar-refractivity contribution in [1.29, 1.82) is 0 Å². The van der Waals surface area contributed by atoms with Gasteiger partial charge in [0.15, 0.2) is 0 Å². The molecule has 0 saturated heterocycles. The average molecular weight is 242 g/mol. The Morgan fingerprint density at radius 3 is 2.59 bits per heavy atom. The maximum Gasteiger partial charge on any atom is 0.323 e. The molecule has 1 heterocycles. The molecule has 0 radical (unpaired) electrons. The van der Waals surface area contributed by atoms with Crippen LogP contribution in [0.15, 0.2) is 0 Å². The SMILES string of the molecule is CCOc1nc(NN)nc(NC(C)COC)n1. The van der Waals surface area contributed by atoms with Crippen LogP contribution in [0.5, 0.6) is 6.01 Å². The van der Waals surface area contributed by atoms with Crippen LogP contribution in [0.4, 0.5) is 11.9 Å². The molecule has 0 aliphatic carbocycles. The first-order valence-corrected chi connectivity index (χ1v) is 5.30. The minimum Gasteiger partial charge on any atom is -0.464 e. The van der Waals surface area contributed by atoms with Gasteiger partial charge in [0.25, 0.3) is 0 Å². The molecular weight excluding hydrogens is 224 g/mol. The van der Waals surface area contributed by atoms with Gasteiger partial charge in [-0.25, -0.2) is 5.84 Å². The fourth-order valence-corrected chi connectivity index (χ4v) is 1.19. The van der Waals surface area contributed by atoms with Crippen molar-refractivity contribution >= 4 is 11.9 Å². The number of nitrogens with one attached hydrogen (secondary N) is 2. The van der Waals surface area contributed by atoms with Crippen LogP contribution in [0.1, 0.15) is 13.8 Å². The molecule has 0 fully saturated rings. The quantitative estimate of drug-likeness (QED) is 0.453. The Bertz CT molecular complexity index is 348. The number of anilines is 2. The van der Waals surface area contributed by atoms with Crippen molar-refractivity contribution in [1.82, 2.24) is 15.0 Å². The minimum absolute atomic E-state index is 0.0718. The van der Waals surface area contributed by atoms with E-state index in [9.17, 15) is 0 Å². The summed E-state index contributed by atoms with van der Waals surface area (Å²) in [4.78, 5) is 12.1. The maximum atomic E-state index is 5.26. The third-order valence-electron chi connectivity index (χ3n) is 1.81. The Morgan fingerprint density at radius 1 is 1.29 bits per heavy atom. The van der Waals surface area contributed by atoms with Gasteiger partial charge >= 0.3 is 6.01 Å². The van der Waals surface area contributed by atoms with Crippen molar-refractivity contribution in [3.8, 4) is 6.01 Å². The molecule has 0 aliphatic heterocycles. The summed E-state index contributed by atoms with van der Waals surface area (Å²) in [6.45, 7) is 4.81. The van der Waals surface area contributed by atoms with Crippen molar-refractivity contribution in [2.45, 2.75) is 19.9 Å². The number of hydrazine groups is 1. The molecule has 17 heavy (non-hydrogen) atoms. The van der Waals surface area contributed by atoms with Gasteiger partial charge in [-0.2, -0.15) is 15.0 Å². The van der Waals surface area contributed by atoms with E-state index in [4.69, 9.17) is 15.3 Å². The van der Waals surface area contributed by atoms with E-state index in [-0.39, 0.29) is 18.0 Å². The van der Waals surface area contributed by atoms with Crippen LogP contribution < -0.4 is 21.3 Å². The van der Waals surface area contributed by atoms with Gasteiger partial charge < -0.3 is 14.8 Å². The Kier molecular flexibility index (Phi) is 5.37. The van der Waals surface area contributed by atoms with Crippen LogP contribution in [0.3, 0.4) is 0 Å². The number of nitrogen functional groups attached to an aromatic ring is 1. The Morgan fingerprint density at radius 2 is 2.00 bits per heavy atom. The molecule has 0 aromatic carbocycles. The van der Waals surface area contributed by atoms with E-state index < -0.39 is 0 Å². The normalized spacial score (nSPS) is 12.0. The zero-order valence-corrected chi connectivity index (χ0v) is 10.2. The van der Waals surface area contributed by atoms with Gasteiger partial charge in [0, 0.05) is 13.2 Å². The third kappa shape index (κ3) is 4.37. The molecule has 0 amide bonds. The fourth-order valence-electron chi connectivity index (χ4n) is 1.19. The molecular formula is C9H18N6O2. The van der Waals surface area contributed by atoms with E-state index in [0.29, 0.717) is 19.2 Å².